The van der Waals surface area contributed by atoms with Gasteiger partial charge < -0.3 is 0 Å². The van der Waals surface area contributed by atoms with Gasteiger partial charge in [-0.1, -0.05) is 11.6 Å². The van der Waals surface area contributed by atoms with Crippen LogP contribution in [0, 0.1) is 0 Å². The Hall–Kier alpha value is -1.37. The molecule has 2 aromatic rings. The van der Waals surface area contributed by atoms with Gasteiger partial charge in [-0.15, -0.1) is 0 Å². The molecular weight excluding hydrogens is 274 g/mol. The first-order valence-electron chi connectivity index (χ1n) is 5.34. The van der Waals surface area contributed by atoms with E-state index in [2.05, 4.69) is 10.2 Å². The fraction of sp³-hybridized carbons (Fsp3) is 0.182. The molecule has 0 unspecified atom stereocenters. The molecule has 1 N–H and O–H groups in total. The van der Waals surface area contributed by atoms with E-state index in [-0.39, 0.29) is 4.90 Å². The number of nitrogens with one attached hydrogen (secondary N) is 1. The minimum absolute atomic E-state index is 0.255. The van der Waals surface area contributed by atoms with Gasteiger partial charge in [-0.2, -0.15) is 9.40 Å². The van der Waals surface area contributed by atoms with Crippen molar-refractivity contribution in [3.8, 4) is 0 Å². The molecule has 1 aromatic heterocycles. The zero-order chi connectivity index (χ0) is 12.8. The summed E-state index contributed by atoms with van der Waals surface area (Å²) in [6, 6.07) is 6.18. The summed E-state index contributed by atoms with van der Waals surface area (Å²) in [7, 11) is -3.47. The molecule has 5 nitrogen and oxygen atoms in total. The third-order valence-corrected chi connectivity index (χ3v) is 5.00. The van der Waals surface area contributed by atoms with Gasteiger partial charge in [-0.05, 0) is 24.3 Å². The first-order valence-corrected chi connectivity index (χ1v) is 7.16. The van der Waals surface area contributed by atoms with Crippen LogP contribution in [0.1, 0.15) is 11.3 Å². The van der Waals surface area contributed by atoms with Gasteiger partial charge in [-0.3, -0.25) is 5.10 Å². The number of fused-ring (bicyclic) bond motifs is 1. The number of aromatic amines is 1. The average Bonchev–Trinajstić information content (AvgIpc) is 2.89. The maximum Gasteiger partial charge on any atom is 0.243 e. The molecule has 0 bridgehead atoms. The Bertz CT molecular complexity index is 658. The number of nitrogens with zero attached hydrogens (tertiary/aromatic N) is 2. The molecule has 0 fully saturated rings. The monoisotopic (exact) mass is 283 g/mol. The van der Waals surface area contributed by atoms with Gasteiger partial charge in [0.25, 0.3) is 0 Å². The SMILES string of the molecule is O=S(=O)(c1ccc(Cl)cc1)N1Cc2cn[nH]c2C1. The topological polar surface area (TPSA) is 66.1 Å². The lowest BCUT2D eigenvalue weighted by molar-refractivity contribution is 0.427. The van der Waals surface area contributed by atoms with E-state index >= 15 is 0 Å². The standard InChI is InChI=1S/C11H10ClN3O2S/c12-9-1-3-10(4-2-9)18(16,17)15-6-8-5-13-14-11(8)7-15/h1-5H,6-7H2,(H,13,14). The first-order chi connectivity index (χ1) is 8.57. The molecular formula is C11H10ClN3O2S. The molecule has 0 atom stereocenters. The number of benzene rings is 1. The largest absolute Gasteiger partial charge is 0.281 e. The van der Waals surface area contributed by atoms with Crippen LogP contribution < -0.4 is 0 Å². The number of rotatable bonds is 2. The summed E-state index contributed by atoms with van der Waals surface area (Å²) in [4.78, 5) is 0.255. The van der Waals surface area contributed by atoms with Gasteiger partial charge in [0.2, 0.25) is 10.0 Å². The highest BCUT2D eigenvalue weighted by molar-refractivity contribution is 7.89. The highest BCUT2D eigenvalue weighted by Gasteiger charge is 2.31. The number of H-pyrrole nitrogens is 1. The number of aromatic nitrogens is 2. The molecule has 18 heavy (non-hydrogen) atoms. The van der Waals surface area contributed by atoms with E-state index in [9.17, 15) is 8.42 Å². The summed E-state index contributed by atoms with van der Waals surface area (Å²) in [6.07, 6.45) is 1.66. The Balaban J connectivity index is 1.93. The predicted octanol–water partition coefficient (Wildman–Crippen LogP) is 1.77. The lowest BCUT2D eigenvalue weighted by atomic mass is 10.3. The van der Waals surface area contributed by atoms with E-state index in [1.54, 1.807) is 18.3 Å². The number of hydrogen-bond donors (Lipinski definition) is 1. The highest BCUT2D eigenvalue weighted by Crippen LogP contribution is 2.27. The second kappa shape index (κ2) is 4.08. The Morgan fingerprint density at radius 1 is 1.22 bits per heavy atom. The molecule has 0 amide bonds. The lowest BCUT2D eigenvalue weighted by Gasteiger charge is -2.15. The summed E-state index contributed by atoms with van der Waals surface area (Å²) in [5, 5.41) is 7.20. The fourth-order valence-corrected chi connectivity index (χ4v) is 3.47. The van der Waals surface area contributed by atoms with Gasteiger partial charge in [0.1, 0.15) is 0 Å². The molecule has 0 saturated carbocycles. The smallest absolute Gasteiger partial charge is 0.243 e. The van der Waals surface area contributed by atoms with Crippen molar-refractivity contribution in [2.24, 2.45) is 0 Å². The quantitative estimate of drug-likeness (QED) is 0.913. The summed E-state index contributed by atoms with van der Waals surface area (Å²) in [5.41, 5.74) is 1.78. The number of hydrogen-bond acceptors (Lipinski definition) is 3. The van der Waals surface area contributed by atoms with Gasteiger partial charge in [0, 0.05) is 17.1 Å². The molecule has 1 aromatic carbocycles. The van der Waals surface area contributed by atoms with Crippen molar-refractivity contribution in [1.29, 1.82) is 0 Å². The Morgan fingerprint density at radius 3 is 2.61 bits per heavy atom. The second-order valence-corrected chi connectivity index (χ2v) is 6.48. The molecule has 7 heteroatoms. The van der Waals surface area contributed by atoms with Crippen molar-refractivity contribution in [3.63, 3.8) is 0 Å². The zero-order valence-electron chi connectivity index (χ0n) is 9.30. The maximum absolute atomic E-state index is 12.4. The summed E-state index contributed by atoms with van der Waals surface area (Å²) >= 11 is 5.76. The van der Waals surface area contributed by atoms with Gasteiger partial charge >= 0.3 is 0 Å². The van der Waals surface area contributed by atoms with Crippen LogP contribution >= 0.6 is 11.6 Å². The van der Waals surface area contributed by atoms with Gasteiger partial charge in [-0.25, -0.2) is 8.42 Å². The lowest BCUT2D eigenvalue weighted by Crippen LogP contribution is -2.25. The summed E-state index contributed by atoms with van der Waals surface area (Å²) < 4.78 is 26.1. The van der Waals surface area contributed by atoms with Crippen LogP contribution in [-0.2, 0) is 23.1 Å². The van der Waals surface area contributed by atoms with E-state index in [4.69, 9.17) is 11.6 Å². The van der Waals surface area contributed by atoms with E-state index in [1.807, 2.05) is 0 Å². The van der Waals surface area contributed by atoms with Gasteiger partial charge in [0.05, 0.1) is 23.3 Å². The Labute approximate surface area is 109 Å². The molecule has 1 aliphatic heterocycles. The van der Waals surface area contributed by atoms with Crippen LogP contribution in [-0.4, -0.2) is 22.9 Å². The van der Waals surface area contributed by atoms with E-state index < -0.39 is 10.0 Å². The van der Waals surface area contributed by atoms with Gasteiger partial charge in [0.15, 0.2) is 0 Å². The summed E-state index contributed by atoms with van der Waals surface area (Å²) in [6.45, 7) is 0.692. The van der Waals surface area contributed by atoms with Crippen LogP contribution in [0.25, 0.3) is 0 Å². The number of sulfonamides is 1. The minimum Gasteiger partial charge on any atom is -0.281 e. The molecule has 0 radical (unpaired) electrons. The molecule has 0 spiro atoms. The molecule has 0 saturated heterocycles. The first kappa shape index (κ1) is 11.7. The highest BCUT2D eigenvalue weighted by atomic mass is 35.5. The van der Waals surface area contributed by atoms with Crippen LogP contribution in [0.2, 0.25) is 5.02 Å². The molecule has 3 rings (SSSR count). The molecule has 1 aliphatic rings. The Kier molecular flexibility index (Phi) is 2.65. The fourth-order valence-electron chi connectivity index (χ4n) is 1.96. The minimum atomic E-state index is -3.47. The van der Waals surface area contributed by atoms with Crippen molar-refractivity contribution in [2.45, 2.75) is 18.0 Å². The van der Waals surface area contributed by atoms with Crippen molar-refractivity contribution >= 4 is 21.6 Å². The van der Waals surface area contributed by atoms with Crippen LogP contribution in [0.15, 0.2) is 35.4 Å². The van der Waals surface area contributed by atoms with Crippen molar-refractivity contribution in [2.75, 3.05) is 0 Å². The maximum atomic E-state index is 12.4. The molecule has 2 heterocycles. The second-order valence-electron chi connectivity index (χ2n) is 4.10. The van der Waals surface area contributed by atoms with Crippen molar-refractivity contribution < 1.29 is 8.42 Å². The molecule has 94 valence electrons. The summed E-state index contributed by atoms with van der Waals surface area (Å²) in [5.74, 6) is 0. The zero-order valence-corrected chi connectivity index (χ0v) is 10.9. The van der Waals surface area contributed by atoms with E-state index in [0.717, 1.165) is 11.3 Å². The number of halogens is 1. The Morgan fingerprint density at radius 2 is 1.94 bits per heavy atom. The average molecular weight is 284 g/mol. The molecule has 0 aliphatic carbocycles. The normalized spacial score (nSPS) is 15.8. The van der Waals surface area contributed by atoms with Crippen molar-refractivity contribution in [3.05, 3.63) is 46.7 Å². The van der Waals surface area contributed by atoms with E-state index in [1.165, 1.54) is 16.4 Å². The van der Waals surface area contributed by atoms with Crippen LogP contribution in [0.3, 0.4) is 0 Å². The van der Waals surface area contributed by atoms with Crippen LogP contribution in [0.5, 0.6) is 0 Å². The van der Waals surface area contributed by atoms with Crippen LogP contribution in [0.4, 0.5) is 0 Å². The van der Waals surface area contributed by atoms with Crippen molar-refractivity contribution in [1.82, 2.24) is 14.5 Å². The third-order valence-electron chi connectivity index (χ3n) is 2.94. The third kappa shape index (κ3) is 1.82. The van der Waals surface area contributed by atoms with E-state index in [0.29, 0.717) is 18.1 Å². The predicted molar refractivity (Wildman–Crippen MR) is 66.5 cm³/mol.